The van der Waals surface area contributed by atoms with Crippen LogP contribution < -0.4 is 16.0 Å². The smallest absolute Gasteiger partial charge is 0.338 e. The molecule has 0 aromatic carbocycles. The van der Waals surface area contributed by atoms with Crippen LogP contribution >= 0.6 is 11.6 Å². The Morgan fingerprint density at radius 1 is 1.13 bits per heavy atom. The van der Waals surface area contributed by atoms with Crippen molar-refractivity contribution in [3.63, 3.8) is 0 Å². The Morgan fingerprint density at radius 3 is 2.51 bits per heavy atom. The second-order valence-corrected chi connectivity index (χ2v) is 14.3. The van der Waals surface area contributed by atoms with Crippen molar-refractivity contribution in [2.75, 3.05) is 37.0 Å². The van der Waals surface area contributed by atoms with Crippen LogP contribution in [-0.2, 0) is 19.0 Å². The molecule has 0 amide bonds. The fraction of sp³-hybridized carbons (Fsp3) is 0.647. The van der Waals surface area contributed by atoms with Crippen LogP contribution in [0.5, 0.6) is 0 Å². The number of nitrogens with zero attached hydrogens (tertiary/aromatic N) is 3. The number of halogens is 1. The van der Waals surface area contributed by atoms with Crippen molar-refractivity contribution >= 4 is 29.2 Å². The Labute approximate surface area is 272 Å². The number of ether oxygens (including phenoxy) is 3. The van der Waals surface area contributed by atoms with Gasteiger partial charge >= 0.3 is 5.97 Å². The molecule has 1 atom stereocenters. The Morgan fingerprint density at radius 2 is 1.84 bits per heavy atom. The molecule has 2 aromatic rings. The van der Waals surface area contributed by atoms with Gasteiger partial charge in [-0.05, 0) is 97.3 Å². The van der Waals surface area contributed by atoms with Gasteiger partial charge in [0, 0.05) is 49.6 Å². The van der Waals surface area contributed by atoms with Gasteiger partial charge < -0.3 is 30.2 Å². The van der Waals surface area contributed by atoms with E-state index in [4.69, 9.17) is 30.8 Å². The van der Waals surface area contributed by atoms with Gasteiger partial charge in [-0.25, -0.2) is 14.8 Å². The number of carbonyl (C=O) groups is 1. The van der Waals surface area contributed by atoms with Gasteiger partial charge in [0.1, 0.15) is 17.2 Å². The standard InChI is InChI=1S/C34H47ClN6O4/c1-23(20-44-34(12-13-34)31(42)45-32(2,3)4)39-24-8-10-25(11-9-24)40-30-18-26(27(35)19-37-30)28-6-5-7-29(41-28)38-22-33(21-36)14-16-43-17-15-33/h5-7,18-19,23-25,39H,8-17,20,22H2,1-4H3,(H,37,40)(H,38,41)/t23-,24-,25-/m1/s1. The number of pyridine rings is 2. The zero-order valence-electron chi connectivity index (χ0n) is 27.0. The van der Waals surface area contributed by atoms with Crippen LogP contribution in [0.2, 0.25) is 5.02 Å². The number of nitrogens with one attached hydrogen (secondary N) is 3. The summed E-state index contributed by atoms with van der Waals surface area (Å²) >= 11 is 6.59. The Balaban J connectivity index is 1.10. The molecule has 2 aliphatic carbocycles. The summed E-state index contributed by atoms with van der Waals surface area (Å²) in [6.45, 7) is 9.98. The van der Waals surface area contributed by atoms with Crippen molar-refractivity contribution in [3.05, 3.63) is 35.5 Å². The molecule has 0 radical (unpaired) electrons. The fourth-order valence-corrected chi connectivity index (χ4v) is 6.19. The summed E-state index contributed by atoms with van der Waals surface area (Å²) < 4.78 is 17.1. The van der Waals surface area contributed by atoms with Crippen molar-refractivity contribution < 1.29 is 19.0 Å². The van der Waals surface area contributed by atoms with Crippen molar-refractivity contribution in [2.45, 2.75) is 108 Å². The zero-order valence-corrected chi connectivity index (χ0v) is 27.7. The van der Waals surface area contributed by atoms with Gasteiger partial charge in [-0.1, -0.05) is 17.7 Å². The van der Waals surface area contributed by atoms with Crippen LogP contribution in [0, 0.1) is 16.7 Å². The van der Waals surface area contributed by atoms with E-state index in [9.17, 15) is 10.1 Å². The lowest BCUT2D eigenvalue weighted by Crippen LogP contribution is -2.44. The van der Waals surface area contributed by atoms with Gasteiger partial charge in [0.15, 0.2) is 5.60 Å². The van der Waals surface area contributed by atoms with Crippen molar-refractivity contribution in [2.24, 2.45) is 5.41 Å². The average molecular weight is 639 g/mol. The minimum Gasteiger partial charge on any atom is -0.458 e. The second-order valence-electron chi connectivity index (χ2n) is 13.9. The molecule has 5 rings (SSSR count). The van der Waals surface area contributed by atoms with Crippen LogP contribution in [0.3, 0.4) is 0 Å². The summed E-state index contributed by atoms with van der Waals surface area (Å²) in [6, 6.07) is 11.1. The average Bonchev–Trinajstić information content (AvgIpc) is 3.82. The number of nitriles is 1. The first-order valence-electron chi connectivity index (χ1n) is 16.2. The summed E-state index contributed by atoms with van der Waals surface area (Å²) in [4.78, 5) is 21.9. The van der Waals surface area contributed by atoms with E-state index in [1.807, 2.05) is 45.0 Å². The monoisotopic (exact) mass is 638 g/mol. The number of aromatic nitrogens is 2. The molecule has 10 nitrogen and oxygen atoms in total. The van der Waals surface area contributed by atoms with E-state index in [2.05, 4.69) is 33.9 Å². The third kappa shape index (κ3) is 9.07. The second kappa shape index (κ2) is 14.2. The quantitative estimate of drug-likeness (QED) is 0.234. The van der Waals surface area contributed by atoms with Crippen molar-refractivity contribution in [1.29, 1.82) is 5.26 Å². The van der Waals surface area contributed by atoms with Crippen LogP contribution in [-0.4, -0.2) is 71.6 Å². The Kier molecular flexibility index (Phi) is 10.5. The molecular weight excluding hydrogens is 592 g/mol. The van der Waals surface area contributed by atoms with Crippen LogP contribution in [0.4, 0.5) is 11.6 Å². The van der Waals surface area contributed by atoms with Crippen LogP contribution in [0.1, 0.15) is 79.1 Å². The molecule has 2 saturated carbocycles. The highest BCUT2D eigenvalue weighted by atomic mass is 35.5. The van der Waals surface area contributed by atoms with Crippen molar-refractivity contribution in [1.82, 2.24) is 15.3 Å². The Bertz CT molecular complexity index is 1360. The van der Waals surface area contributed by atoms with E-state index in [-0.39, 0.29) is 12.0 Å². The first-order chi connectivity index (χ1) is 21.5. The molecule has 3 aliphatic rings. The maximum atomic E-state index is 12.6. The van der Waals surface area contributed by atoms with E-state index in [1.54, 1.807) is 6.20 Å². The predicted molar refractivity (Wildman–Crippen MR) is 175 cm³/mol. The highest BCUT2D eigenvalue weighted by Gasteiger charge is 2.54. The van der Waals surface area contributed by atoms with Gasteiger partial charge in [-0.3, -0.25) is 0 Å². The molecule has 3 N–H and O–H groups in total. The predicted octanol–water partition coefficient (Wildman–Crippen LogP) is 6.12. The number of esters is 1. The summed E-state index contributed by atoms with van der Waals surface area (Å²) in [5, 5.41) is 21.0. The van der Waals surface area contributed by atoms with E-state index >= 15 is 0 Å². The number of rotatable bonds is 12. The van der Waals surface area contributed by atoms with E-state index in [1.165, 1.54) is 0 Å². The van der Waals surface area contributed by atoms with Crippen molar-refractivity contribution in [3.8, 4) is 17.3 Å². The molecular formula is C34H47ClN6O4. The zero-order chi connectivity index (χ0) is 32.1. The molecule has 2 aromatic heterocycles. The normalized spacial score (nSPS) is 22.9. The summed E-state index contributed by atoms with van der Waals surface area (Å²) in [5.74, 6) is 1.24. The minimum absolute atomic E-state index is 0.139. The number of hydrogen-bond acceptors (Lipinski definition) is 10. The highest BCUT2D eigenvalue weighted by Crippen LogP contribution is 2.42. The first kappa shape index (κ1) is 33.4. The van der Waals surface area contributed by atoms with Gasteiger partial charge in [0.25, 0.3) is 0 Å². The molecule has 244 valence electrons. The SMILES string of the molecule is C[C@H](COC1(C(=O)OC(C)(C)C)CC1)N[C@H]1CC[C@H](Nc2cc(-c3cccc(NCC4(C#N)CCOCC4)n3)c(Cl)cn2)CC1. The van der Waals surface area contributed by atoms with E-state index < -0.39 is 16.6 Å². The first-order valence-corrected chi connectivity index (χ1v) is 16.6. The fourth-order valence-electron chi connectivity index (χ4n) is 5.99. The highest BCUT2D eigenvalue weighted by molar-refractivity contribution is 6.33. The van der Waals surface area contributed by atoms with Gasteiger partial charge in [-0.15, -0.1) is 0 Å². The molecule has 0 unspecified atom stereocenters. The third-order valence-corrected chi connectivity index (χ3v) is 9.16. The number of hydrogen-bond donors (Lipinski definition) is 3. The van der Waals surface area contributed by atoms with E-state index in [0.29, 0.717) is 62.1 Å². The van der Waals surface area contributed by atoms with Gasteiger partial charge in [0.05, 0.1) is 28.8 Å². The molecule has 1 saturated heterocycles. The van der Waals surface area contributed by atoms with Gasteiger partial charge in [-0.2, -0.15) is 5.26 Å². The summed E-state index contributed by atoms with van der Waals surface area (Å²) in [7, 11) is 0. The molecule has 11 heteroatoms. The van der Waals surface area contributed by atoms with Crippen LogP contribution in [0.25, 0.3) is 11.3 Å². The summed E-state index contributed by atoms with van der Waals surface area (Å²) in [5.41, 5.74) is -0.153. The number of anilines is 2. The molecule has 0 bridgehead atoms. The lowest BCUT2D eigenvalue weighted by Gasteiger charge is -2.32. The lowest BCUT2D eigenvalue weighted by molar-refractivity contribution is -0.172. The molecule has 45 heavy (non-hydrogen) atoms. The van der Waals surface area contributed by atoms with Gasteiger partial charge in [0.2, 0.25) is 0 Å². The third-order valence-electron chi connectivity index (χ3n) is 8.86. The lowest BCUT2D eigenvalue weighted by atomic mass is 9.82. The van der Waals surface area contributed by atoms with Crippen LogP contribution in [0.15, 0.2) is 30.5 Å². The largest absolute Gasteiger partial charge is 0.458 e. The number of carbonyl (C=O) groups excluding carboxylic acids is 1. The Hall–Kier alpha value is -2.97. The van der Waals surface area contributed by atoms with E-state index in [0.717, 1.165) is 55.6 Å². The molecule has 3 heterocycles. The maximum absolute atomic E-state index is 12.6. The minimum atomic E-state index is -0.756. The summed E-state index contributed by atoms with van der Waals surface area (Å²) in [6.07, 6.45) is 8.63. The molecule has 3 fully saturated rings. The topological polar surface area (TPSA) is 130 Å². The molecule has 1 aliphatic heterocycles. The molecule has 0 spiro atoms. The maximum Gasteiger partial charge on any atom is 0.338 e.